The molecule has 4 N–H and O–H groups in total. The Labute approximate surface area is 119 Å². The van der Waals surface area contributed by atoms with Crippen LogP contribution in [0.15, 0.2) is 18.2 Å². The second-order valence-corrected chi connectivity index (χ2v) is 5.60. The molecule has 2 atom stereocenters. The highest BCUT2D eigenvalue weighted by Crippen LogP contribution is 2.23. The van der Waals surface area contributed by atoms with E-state index in [0.717, 1.165) is 31.4 Å². The van der Waals surface area contributed by atoms with Crippen molar-refractivity contribution in [1.29, 1.82) is 0 Å². The third kappa shape index (κ3) is 3.22. The van der Waals surface area contributed by atoms with Gasteiger partial charge in [-0.25, -0.2) is 0 Å². The number of aliphatic hydroxyl groups is 1. The predicted molar refractivity (Wildman–Crippen MR) is 80.9 cm³/mol. The molecule has 2 unspecified atom stereocenters. The van der Waals surface area contributed by atoms with Crippen LogP contribution in [0.1, 0.15) is 36.0 Å². The molecule has 5 heteroatoms. The van der Waals surface area contributed by atoms with E-state index in [1.165, 1.54) is 0 Å². The van der Waals surface area contributed by atoms with Gasteiger partial charge in [-0.3, -0.25) is 4.79 Å². The van der Waals surface area contributed by atoms with Gasteiger partial charge in [0.15, 0.2) is 0 Å². The molecule has 1 aliphatic rings. The Morgan fingerprint density at radius 3 is 2.65 bits per heavy atom. The van der Waals surface area contributed by atoms with Crippen LogP contribution in [0.4, 0.5) is 11.4 Å². The number of rotatable bonds is 3. The Bertz CT molecular complexity index is 488. The van der Waals surface area contributed by atoms with Gasteiger partial charge in [0.25, 0.3) is 5.91 Å². The fourth-order valence-corrected chi connectivity index (χ4v) is 2.63. The monoisotopic (exact) mass is 277 g/mol. The van der Waals surface area contributed by atoms with Crippen LogP contribution >= 0.6 is 0 Å². The average molecular weight is 277 g/mol. The van der Waals surface area contributed by atoms with Crippen molar-refractivity contribution in [2.24, 2.45) is 0 Å². The zero-order chi connectivity index (χ0) is 14.7. The second-order valence-electron chi connectivity index (χ2n) is 5.60. The minimum absolute atomic E-state index is 0.147. The molecule has 0 heterocycles. The van der Waals surface area contributed by atoms with Crippen molar-refractivity contribution < 1.29 is 9.90 Å². The minimum Gasteiger partial charge on any atom is -0.397 e. The third-order valence-electron chi connectivity index (χ3n) is 3.82. The first kappa shape index (κ1) is 14.7. The lowest BCUT2D eigenvalue weighted by atomic mass is 9.92. The number of amides is 1. The van der Waals surface area contributed by atoms with Crippen molar-refractivity contribution in [3.63, 3.8) is 0 Å². The number of hydrogen-bond acceptors (Lipinski definition) is 4. The maximum absolute atomic E-state index is 12.2. The number of carbonyl (C=O) groups is 1. The van der Waals surface area contributed by atoms with Gasteiger partial charge in [-0.15, -0.1) is 0 Å². The van der Waals surface area contributed by atoms with Crippen molar-refractivity contribution in [2.45, 2.75) is 37.8 Å². The van der Waals surface area contributed by atoms with Crippen LogP contribution in [0.3, 0.4) is 0 Å². The first-order valence-electron chi connectivity index (χ1n) is 7.05. The van der Waals surface area contributed by atoms with E-state index in [4.69, 9.17) is 5.73 Å². The van der Waals surface area contributed by atoms with E-state index in [2.05, 4.69) is 5.32 Å². The molecule has 1 aromatic carbocycles. The largest absolute Gasteiger partial charge is 0.397 e. The average Bonchev–Trinajstić information content (AvgIpc) is 2.40. The third-order valence-corrected chi connectivity index (χ3v) is 3.82. The Kier molecular flexibility index (Phi) is 4.49. The number of aliphatic hydroxyl groups excluding tert-OH is 1. The van der Waals surface area contributed by atoms with Crippen molar-refractivity contribution >= 4 is 17.3 Å². The van der Waals surface area contributed by atoms with E-state index in [1.54, 1.807) is 12.1 Å². The Hall–Kier alpha value is -1.75. The molecule has 1 aromatic rings. The molecule has 5 nitrogen and oxygen atoms in total. The number of nitrogen functional groups attached to an aromatic ring is 1. The number of nitrogens with zero attached hydrogens (tertiary/aromatic N) is 1. The topological polar surface area (TPSA) is 78.6 Å². The van der Waals surface area contributed by atoms with Gasteiger partial charge in [-0.05, 0) is 31.0 Å². The van der Waals surface area contributed by atoms with E-state index < -0.39 is 6.10 Å². The van der Waals surface area contributed by atoms with Gasteiger partial charge in [0.05, 0.1) is 23.5 Å². The molecule has 20 heavy (non-hydrogen) atoms. The van der Waals surface area contributed by atoms with Gasteiger partial charge >= 0.3 is 0 Å². The summed E-state index contributed by atoms with van der Waals surface area (Å²) in [7, 11) is 3.81. The standard InChI is InChI=1S/C15H23N3O2/c1-18(2)13-8-7-10(9-11(13)16)15(20)17-12-5-3-4-6-14(12)19/h7-9,12,14,19H,3-6,16H2,1-2H3,(H,17,20). The highest BCUT2D eigenvalue weighted by molar-refractivity contribution is 5.96. The van der Waals surface area contributed by atoms with Gasteiger partial charge in [-0.1, -0.05) is 12.8 Å². The van der Waals surface area contributed by atoms with Gasteiger partial charge in [0.2, 0.25) is 0 Å². The summed E-state index contributed by atoms with van der Waals surface area (Å²) >= 11 is 0. The molecule has 0 saturated heterocycles. The summed E-state index contributed by atoms with van der Waals surface area (Å²) in [5.74, 6) is -0.173. The van der Waals surface area contributed by atoms with Crippen molar-refractivity contribution in [3.8, 4) is 0 Å². The lowest BCUT2D eigenvalue weighted by Gasteiger charge is -2.28. The summed E-state index contributed by atoms with van der Waals surface area (Å²) in [5.41, 5.74) is 7.95. The smallest absolute Gasteiger partial charge is 0.251 e. The summed E-state index contributed by atoms with van der Waals surface area (Å²) in [6, 6.07) is 5.13. The number of benzene rings is 1. The quantitative estimate of drug-likeness (QED) is 0.729. The van der Waals surface area contributed by atoms with Gasteiger partial charge < -0.3 is 21.1 Å². The number of anilines is 2. The highest BCUT2D eigenvalue weighted by atomic mass is 16.3. The van der Waals surface area contributed by atoms with Crippen LogP contribution in [0, 0.1) is 0 Å². The van der Waals surface area contributed by atoms with Crippen LogP contribution in [0.2, 0.25) is 0 Å². The Balaban J connectivity index is 2.07. The molecular weight excluding hydrogens is 254 g/mol. The van der Waals surface area contributed by atoms with Crippen LogP contribution in [-0.2, 0) is 0 Å². The maximum Gasteiger partial charge on any atom is 0.251 e. The molecule has 0 aliphatic heterocycles. The number of nitrogens with one attached hydrogen (secondary N) is 1. The predicted octanol–water partition coefficient (Wildman–Crippen LogP) is 1.37. The Morgan fingerprint density at radius 2 is 2.05 bits per heavy atom. The van der Waals surface area contributed by atoms with Crippen molar-refractivity contribution in [2.75, 3.05) is 24.7 Å². The first-order valence-corrected chi connectivity index (χ1v) is 7.05. The molecule has 0 bridgehead atoms. The van der Waals surface area contributed by atoms with E-state index >= 15 is 0 Å². The number of carbonyl (C=O) groups excluding carboxylic acids is 1. The molecular formula is C15H23N3O2. The minimum atomic E-state index is -0.439. The van der Waals surface area contributed by atoms with Crippen molar-refractivity contribution in [3.05, 3.63) is 23.8 Å². The molecule has 1 amide bonds. The lowest BCUT2D eigenvalue weighted by Crippen LogP contribution is -2.45. The van der Waals surface area contributed by atoms with Crippen LogP contribution < -0.4 is 16.0 Å². The normalized spacial score (nSPS) is 22.4. The molecule has 0 aromatic heterocycles. The first-order chi connectivity index (χ1) is 9.49. The highest BCUT2D eigenvalue weighted by Gasteiger charge is 2.24. The van der Waals surface area contributed by atoms with E-state index in [9.17, 15) is 9.90 Å². The SMILES string of the molecule is CN(C)c1ccc(C(=O)NC2CCCCC2O)cc1N. The molecule has 0 radical (unpaired) electrons. The zero-order valence-electron chi connectivity index (χ0n) is 12.1. The summed E-state index contributed by atoms with van der Waals surface area (Å²) < 4.78 is 0. The molecule has 110 valence electrons. The molecule has 2 rings (SSSR count). The number of nitrogens with two attached hydrogens (primary N) is 1. The van der Waals surface area contributed by atoms with Gasteiger partial charge in [0.1, 0.15) is 0 Å². The van der Waals surface area contributed by atoms with Gasteiger partial charge in [-0.2, -0.15) is 0 Å². The van der Waals surface area contributed by atoms with Crippen molar-refractivity contribution in [1.82, 2.24) is 5.32 Å². The van der Waals surface area contributed by atoms with E-state index in [0.29, 0.717) is 11.3 Å². The fraction of sp³-hybridized carbons (Fsp3) is 0.533. The number of hydrogen-bond donors (Lipinski definition) is 3. The Morgan fingerprint density at radius 1 is 1.35 bits per heavy atom. The molecule has 0 spiro atoms. The molecule has 1 fully saturated rings. The van der Waals surface area contributed by atoms with E-state index in [1.807, 2.05) is 25.1 Å². The molecule has 1 saturated carbocycles. The summed E-state index contributed by atoms with van der Waals surface area (Å²) in [5, 5.41) is 12.8. The lowest BCUT2D eigenvalue weighted by molar-refractivity contribution is 0.0717. The van der Waals surface area contributed by atoms with E-state index in [-0.39, 0.29) is 11.9 Å². The van der Waals surface area contributed by atoms with Crippen LogP contribution in [0.25, 0.3) is 0 Å². The summed E-state index contributed by atoms with van der Waals surface area (Å²) in [6.45, 7) is 0. The van der Waals surface area contributed by atoms with Crippen LogP contribution in [0.5, 0.6) is 0 Å². The fourth-order valence-electron chi connectivity index (χ4n) is 2.63. The summed E-state index contributed by atoms with van der Waals surface area (Å²) in [4.78, 5) is 14.1. The maximum atomic E-state index is 12.2. The molecule has 1 aliphatic carbocycles. The second kappa shape index (κ2) is 6.13. The zero-order valence-corrected chi connectivity index (χ0v) is 12.1. The van der Waals surface area contributed by atoms with Crippen LogP contribution in [-0.4, -0.2) is 37.3 Å². The summed E-state index contributed by atoms with van der Waals surface area (Å²) in [6.07, 6.45) is 3.22. The van der Waals surface area contributed by atoms with Gasteiger partial charge in [0, 0.05) is 19.7 Å².